The maximum absolute atomic E-state index is 12.4. The Morgan fingerprint density at radius 1 is 1.05 bits per heavy atom. The van der Waals surface area contributed by atoms with Crippen molar-refractivity contribution in [1.82, 2.24) is 4.98 Å². The first-order valence-electron chi connectivity index (χ1n) is 6.81. The molecule has 21 heavy (non-hydrogen) atoms. The highest BCUT2D eigenvalue weighted by atomic mass is 35.5. The van der Waals surface area contributed by atoms with Gasteiger partial charge in [-0.05, 0) is 61.1 Å². The molecule has 0 spiro atoms. The summed E-state index contributed by atoms with van der Waals surface area (Å²) in [5.74, 6) is 0. The van der Waals surface area contributed by atoms with Gasteiger partial charge in [-0.15, -0.1) is 0 Å². The summed E-state index contributed by atoms with van der Waals surface area (Å²) in [6.45, 7) is 0. The van der Waals surface area contributed by atoms with Crippen LogP contribution in [0.3, 0.4) is 0 Å². The first-order valence-corrected chi connectivity index (χ1v) is 8.67. The van der Waals surface area contributed by atoms with Crippen molar-refractivity contribution in [2.45, 2.75) is 30.6 Å². The lowest BCUT2D eigenvalue weighted by Crippen LogP contribution is -2.14. The lowest BCUT2D eigenvalue weighted by Gasteiger charge is -2.17. The van der Waals surface area contributed by atoms with Crippen molar-refractivity contribution in [2.75, 3.05) is 4.72 Å². The molecule has 1 N–H and O–H groups in total. The van der Waals surface area contributed by atoms with Gasteiger partial charge in [-0.1, -0.05) is 17.7 Å². The molecular formula is C15H15ClN2O2S. The Morgan fingerprint density at radius 2 is 1.81 bits per heavy atom. The van der Waals surface area contributed by atoms with Gasteiger partial charge in [0.2, 0.25) is 0 Å². The highest BCUT2D eigenvalue weighted by Gasteiger charge is 2.18. The van der Waals surface area contributed by atoms with Gasteiger partial charge < -0.3 is 0 Å². The van der Waals surface area contributed by atoms with Gasteiger partial charge in [-0.3, -0.25) is 4.72 Å². The second kappa shape index (κ2) is 5.66. The van der Waals surface area contributed by atoms with Crippen LogP contribution in [0.1, 0.15) is 24.0 Å². The number of hydrogen-bond donors (Lipinski definition) is 1. The van der Waals surface area contributed by atoms with Crippen LogP contribution in [-0.2, 0) is 22.9 Å². The number of rotatable bonds is 3. The van der Waals surface area contributed by atoms with Crippen molar-refractivity contribution in [2.24, 2.45) is 0 Å². The van der Waals surface area contributed by atoms with Crippen LogP contribution in [0.2, 0.25) is 5.15 Å². The molecular weight excluding hydrogens is 308 g/mol. The van der Waals surface area contributed by atoms with E-state index >= 15 is 0 Å². The Bertz CT molecular complexity index is 775. The second-order valence-electron chi connectivity index (χ2n) is 5.11. The van der Waals surface area contributed by atoms with Gasteiger partial charge in [-0.25, -0.2) is 13.4 Å². The van der Waals surface area contributed by atoms with Crippen LogP contribution in [0.25, 0.3) is 0 Å². The fourth-order valence-corrected chi connectivity index (χ4v) is 3.83. The molecule has 0 bridgehead atoms. The van der Waals surface area contributed by atoms with Crippen LogP contribution in [-0.4, -0.2) is 13.4 Å². The normalized spacial score (nSPS) is 14.5. The lowest BCUT2D eigenvalue weighted by atomic mass is 9.92. The third-order valence-electron chi connectivity index (χ3n) is 3.61. The quantitative estimate of drug-likeness (QED) is 0.881. The van der Waals surface area contributed by atoms with E-state index in [0.29, 0.717) is 5.69 Å². The maximum atomic E-state index is 12.4. The summed E-state index contributed by atoms with van der Waals surface area (Å²) in [5, 5.41) is 0.251. The fraction of sp³-hybridized carbons (Fsp3) is 0.267. The molecule has 0 saturated heterocycles. The van der Waals surface area contributed by atoms with E-state index in [4.69, 9.17) is 11.6 Å². The van der Waals surface area contributed by atoms with Crippen LogP contribution < -0.4 is 4.72 Å². The minimum absolute atomic E-state index is 0.251. The molecule has 3 rings (SSSR count). The van der Waals surface area contributed by atoms with Gasteiger partial charge >= 0.3 is 0 Å². The average molecular weight is 323 g/mol. The largest absolute Gasteiger partial charge is 0.279 e. The molecule has 0 saturated carbocycles. The van der Waals surface area contributed by atoms with Crippen molar-refractivity contribution in [3.63, 3.8) is 0 Å². The zero-order valence-corrected chi connectivity index (χ0v) is 12.9. The van der Waals surface area contributed by atoms with Crippen LogP contribution in [0.4, 0.5) is 5.69 Å². The number of sulfonamides is 1. The number of nitrogens with zero attached hydrogens (tertiary/aromatic N) is 1. The molecule has 1 aromatic carbocycles. The van der Waals surface area contributed by atoms with E-state index in [0.717, 1.165) is 24.8 Å². The third kappa shape index (κ3) is 3.19. The van der Waals surface area contributed by atoms with E-state index in [2.05, 4.69) is 9.71 Å². The SMILES string of the molecule is O=S(=O)(Nc1ccnc(Cl)c1)c1ccc2c(c1)CCCC2. The number of fused-ring (bicyclic) bond motifs is 1. The molecule has 0 radical (unpaired) electrons. The molecule has 110 valence electrons. The van der Waals surface area contributed by atoms with Crippen LogP contribution in [0.5, 0.6) is 0 Å². The van der Waals surface area contributed by atoms with E-state index in [1.807, 2.05) is 6.07 Å². The maximum Gasteiger partial charge on any atom is 0.261 e. The fourth-order valence-electron chi connectivity index (χ4n) is 2.56. The summed E-state index contributed by atoms with van der Waals surface area (Å²) >= 11 is 5.77. The van der Waals surface area contributed by atoms with Crippen LogP contribution >= 0.6 is 11.6 Å². The van der Waals surface area contributed by atoms with Crippen molar-refractivity contribution >= 4 is 27.3 Å². The predicted octanol–water partition coefficient (Wildman–Crippen LogP) is 3.41. The van der Waals surface area contributed by atoms with E-state index < -0.39 is 10.0 Å². The average Bonchev–Trinajstić information content (AvgIpc) is 2.46. The molecule has 1 aliphatic carbocycles. The van der Waals surface area contributed by atoms with Gasteiger partial charge in [-0.2, -0.15) is 0 Å². The molecule has 6 heteroatoms. The van der Waals surface area contributed by atoms with Gasteiger partial charge in [0.15, 0.2) is 0 Å². The zero-order chi connectivity index (χ0) is 14.9. The number of hydrogen-bond acceptors (Lipinski definition) is 3. The summed E-state index contributed by atoms with van der Waals surface area (Å²) in [6.07, 6.45) is 5.73. The first kappa shape index (κ1) is 14.4. The number of anilines is 1. The molecule has 0 atom stereocenters. The van der Waals surface area contributed by atoms with Crippen molar-refractivity contribution in [3.8, 4) is 0 Å². The van der Waals surface area contributed by atoms with Crippen molar-refractivity contribution in [1.29, 1.82) is 0 Å². The van der Waals surface area contributed by atoms with E-state index in [1.54, 1.807) is 18.2 Å². The van der Waals surface area contributed by atoms with Gasteiger partial charge in [0.05, 0.1) is 10.6 Å². The topological polar surface area (TPSA) is 59.1 Å². The van der Waals surface area contributed by atoms with Gasteiger partial charge in [0.25, 0.3) is 10.0 Å². The van der Waals surface area contributed by atoms with Crippen LogP contribution in [0, 0.1) is 0 Å². The molecule has 1 aliphatic rings. The zero-order valence-electron chi connectivity index (χ0n) is 11.3. The number of halogens is 1. The summed E-state index contributed by atoms with van der Waals surface area (Å²) in [5.41, 5.74) is 2.80. The molecule has 0 amide bonds. The lowest BCUT2D eigenvalue weighted by molar-refractivity contribution is 0.600. The first-order chi connectivity index (χ1) is 10.0. The summed E-state index contributed by atoms with van der Waals surface area (Å²) in [7, 11) is -3.60. The van der Waals surface area contributed by atoms with E-state index in [9.17, 15) is 8.42 Å². The highest BCUT2D eigenvalue weighted by Crippen LogP contribution is 2.25. The Morgan fingerprint density at radius 3 is 2.57 bits per heavy atom. The van der Waals surface area contributed by atoms with Crippen molar-refractivity contribution < 1.29 is 8.42 Å². The predicted molar refractivity (Wildman–Crippen MR) is 83.1 cm³/mol. The Balaban J connectivity index is 1.91. The van der Waals surface area contributed by atoms with E-state index in [-0.39, 0.29) is 10.0 Å². The number of aromatic nitrogens is 1. The molecule has 1 aromatic heterocycles. The minimum atomic E-state index is -3.60. The smallest absolute Gasteiger partial charge is 0.261 e. The Labute approximate surface area is 129 Å². The molecule has 0 aliphatic heterocycles. The summed E-state index contributed by atoms with van der Waals surface area (Å²) in [6, 6.07) is 8.41. The standard InChI is InChI=1S/C15H15ClN2O2S/c16-15-10-13(7-8-17-15)18-21(19,20)14-6-5-11-3-1-2-4-12(11)9-14/h5-10H,1-4H2,(H,17,18). The molecule has 1 heterocycles. The summed E-state index contributed by atoms with van der Waals surface area (Å²) < 4.78 is 27.4. The van der Waals surface area contributed by atoms with E-state index in [1.165, 1.54) is 24.2 Å². The second-order valence-corrected chi connectivity index (χ2v) is 7.18. The minimum Gasteiger partial charge on any atom is -0.279 e. The Hall–Kier alpha value is -1.59. The van der Waals surface area contributed by atoms with Gasteiger partial charge in [0, 0.05) is 6.20 Å². The third-order valence-corrected chi connectivity index (χ3v) is 5.19. The number of pyridine rings is 1. The Kier molecular flexibility index (Phi) is 3.87. The highest BCUT2D eigenvalue weighted by molar-refractivity contribution is 7.92. The van der Waals surface area contributed by atoms with Crippen LogP contribution in [0.15, 0.2) is 41.4 Å². The monoisotopic (exact) mass is 322 g/mol. The van der Waals surface area contributed by atoms with Gasteiger partial charge in [0.1, 0.15) is 5.15 Å². The molecule has 0 unspecified atom stereocenters. The molecule has 2 aromatic rings. The number of benzene rings is 1. The number of nitrogens with one attached hydrogen (secondary N) is 1. The molecule has 0 fully saturated rings. The number of aryl methyl sites for hydroxylation is 2. The molecule has 4 nitrogen and oxygen atoms in total. The van der Waals surface area contributed by atoms with Crippen molar-refractivity contribution in [3.05, 3.63) is 52.8 Å². The summed E-state index contributed by atoms with van der Waals surface area (Å²) in [4.78, 5) is 4.12.